The lowest BCUT2D eigenvalue weighted by Crippen LogP contribution is -2.28. The van der Waals surface area contributed by atoms with Gasteiger partial charge < -0.3 is 5.32 Å². The van der Waals surface area contributed by atoms with Crippen LogP contribution in [0.1, 0.15) is 20.8 Å². The molecule has 0 saturated heterocycles. The molecule has 0 saturated carbocycles. The second kappa shape index (κ2) is 4.44. The van der Waals surface area contributed by atoms with Crippen molar-refractivity contribution in [3.63, 3.8) is 0 Å². The van der Waals surface area contributed by atoms with Crippen molar-refractivity contribution in [2.75, 3.05) is 5.32 Å². The Bertz CT molecular complexity index is 532. The minimum atomic E-state index is -4.84. The molecule has 0 aliphatic rings. The highest BCUT2D eigenvalue weighted by Gasteiger charge is 2.24. The predicted octanol–water partition coefficient (Wildman–Crippen LogP) is 2.33. The molecule has 0 radical (unpaired) electrons. The molecular formula is C11H14FNO3S. The summed E-state index contributed by atoms with van der Waals surface area (Å²) in [6.45, 7) is 5.03. The van der Waals surface area contributed by atoms with Gasteiger partial charge in [0, 0.05) is 5.41 Å². The van der Waals surface area contributed by atoms with E-state index in [2.05, 4.69) is 5.32 Å². The summed E-state index contributed by atoms with van der Waals surface area (Å²) in [5, 5.41) is 2.40. The number of amides is 1. The van der Waals surface area contributed by atoms with Gasteiger partial charge in [-0.15, -0.1) is 3.89 Å². The van der Waals surface area contributed by atoms with Gasteiger partial charge in [0.05, 0.1) is 5.69 Å². The van der Waals surface area contributed by atoms with Crippen LogP contribution in [0.25, 0.3) is 0 Å². The minimum absolute atomic E-state index is 0.0464. The van der Waals surface area contributed by atoms with Crippen LogP contribution in [0.3, 0.4) is 0 Å². The fourth-order valence-corrected chi connectivity index (χ4v) is 1.72. The molecule has 1 aromatic carbocycles. The highest BCUT2D eigenvalue weighted by atomic mass is 32.3. The van der Waals surface area contributed by atoms with Gasteiger partial charge in [0.1, 0.15) is 4.90 Å². The molecule has 1 N–H and O–H groups in total. The van der Waals surface area contributed by atoms with Gasteiger partial charge >= 0.3 is 10.2 Å². The second-order valence-electron chi connectivity index (χ2n) is 4.64. The largest absolute Gasteiger partial charge is 0.334 e. The number of nitrogens with one attached hydrogen (secondary N) is 1. The van der Waals surface area contributed by atoms with Crippen LogP contribution in [0, 0.1) is 5.41 Å². The van der Waals surface area contributed by atoms with Crippen molar-refractivity contribution in [1.29, 1.82) is 0 Å². The zero-order valence-electron chi connectivity index (χ0n) is 9.82. The highest BCUT2D eigenvalue weighted by molar-refractivity contribution is 7.86. The van der Waals surface area contributed by atoms with Crippen LogP contribution < -0.4 is 5.32 Å². The fourth-order valence-electron chi connectivity index (χ4n) is 1.09. The maximum Gasteiger partial charge on any atom is 0.334 e. The number of hydrogen-bond acceptors (Lipinski definition) is 3. The topological polar surface area (TPSA) is 63.2 Å². The summed E-state index contributed by atoms with van der Waals surface area (Å²) in [5.41, 5.74) is -0.734. The smallest absolute Gasteiger partial charge is 0.324 e. The van der Waals surface area contributed by atoms with E-state index in [1.54, 1.807) is 20.8 Å². The van der Waals surface area contributed by atoms with Crippen LogP contribution in [0.5, 0.6) is 0 Å². The van der Waals surface area contributed by atoms with E-state index in [1.165, 1.54) is 18.2 Å². The summed E-state index contributed by atoms with van der Waals surface area (Å²) in [6, 6.07) is 5.36. The normalized spacial score (nSPS) is 12.2. The Kier molecular flexibility index (Phi) is 3.56. The molecule has 1 aromatic rings. The predicted molar refractivity (Wildman–Crippen MR) is 62.8 cm³/mol. The molecule has 0 fully saturated rings. The maximum absolute atomic E-state index is 12.9. The molecule has 0 atom stereocenters. The van der Waals surface area contributed by atoms with E-state index in [9.17, 15) is 17.1 Å². The molecule has 6 heteroatoms. The van der Waals surface area contributed by atoms with E-state index in [-0.39, 0.29) is 11.6 Å². The van der Waals surface area contributed by atoms with E-state index >= 15 is 0 Å². The van der Waals surface area contributed by atoms with Crippen molar-refractivity contribution >= 4 is 21.8 Å². The molecule has 1 amide bonds. The van der Waals surface area contributed by atoms with E-state index in [0.29, 0.717) is 0 Å². The van der Waals surface area contributed by atoms with Crippen molar-refractivity contribution in [3.8, 4) is 0 Å². The number of carbonyl (C=O) groups is 1. The second-order valence-corrected chi connectivity index (χ2v) is 5.95. The Morgan fingerprint density at radius 3 is 2.24 bits per heavy atom. The van der Waals surface area contributed by atoms with E-state index in [4.69, 9.17) is 0 Å². The van der Waals surface area contributed by atoms with Gasteiger partial charge in [-0.1, -0.05) is 32.9 Å². The van der Waals surface area contributed by atoms with Gasteiger partial charge in [0.2, 0.25) is 5.91 Å². The lowest BCUT2D eigenvalue weighted by Gasteiger charge is -2.18. The molecule has 0 aliphatic carbocycles. The maximum atomic E-state index is 12.9. The summed E-state index contributed by atoms with van der Waals surface area (Å²) in [5.74, 6) is -0.381. The number of carbonyl (C=O) groups excluding carboxylic acids is 1. The average molecular weight is 259 g/mol. The zero-order valence-corrected chi connectivity index (χ0v) is 10.6. The molecule has 1 rings (SSSR count). The van der Waals surface area contributed by atoms with Crippen LogP contribution in [0.4, 0.5) is 9.57 Å². The lowest BCUT2D eigenvalue weighted by atomic mass is 9.95. The summed E-state index contributed by atoms with van der Waals surface area (Å²) in [4.78, 5) is 11.2. The number of para-hydroxylation sites is 1. The van der Waals surface area contributed by atoms with E-state index < -0.39 is 20.5 Å². The van der Waals surface area contributed by atoms with Crippen molar-refractivity contribution < 1.29 is 17.1 Å². The third-order valence-corrected chi connectivity index (χ3v) is 2.96. The Hall–Kier alpha value is -1.43. The molecule has 17 heavy (non-hydrogen) atoms. The molecule has 0 aliphatic heterocycles. The summed E-state index contributed by atoms with van der Waals surface area (Å²) in [6.07, 6.45) is 0. The SMILES string of the molecule is CC(C)(C)C(=O)Nc1ccccc1S(=O)(=O)F. The number of benzene rings is 1. The van der Waals surface area contributed by atoms with E-state index in [1.807, 2.05) is 0 Å². The van der Waals surface area contributed by atoms with Crippen molar-refractivity contribution in [3.05, 3.63) is 24.3 Å². The molecule has 0 bridgehead atoms. The number of hydrogen-bond donors (Lipinski definition) is 1. The molecular weight excluding hydrogens is 245 g/mol. The summed E-state index contributed by atoms with van der Waals surface area (Å²) in [7, 11) is -4.84. The molecule has 94 valence electrons. The average Bonchev–Trinajstić information content (AvgIpc) is 2.15. The first-order valence-electron chi connectivity index (χ1n) is 4.97. The zero-order chi connectivity index (χ0) is 13.3. The first-order valence-corrected chi connectivity index (χ1v) is 6.36. The van der Waals surface area contributed by atoms with Gasteiger partial charge in [0.25, 0.3) is 0 Å². The lowest BCUT2D eigenvalue weighted by molar-refractivity contribution is -0.123. The molecule has 0 spiro atoms. The first kappa shape index (κ1) is 13.6. The van der Waals surface area contributed by atoms with Gasteiger partial charge in [-0.25, -0.2) is 0 Å². The van der Waals surface area contributed by atoms with Crippen LogP contribution in [-0.4, -0.2) is 14.3 Å². The molecule has 0 aromatic heterocycles. The Morgan fingerprint density at radius 2 is 1.76 bits per heavy atom. The number of rotatable bonds is 2. The van der Waals surface area contributed by atoms with Crippen molar-refractivity contribution in [1.82, 2.24) is 0 Å². The Balaban J connectivity index is 3.13. The van der Waals surface area contributed by atoms with Crippen molar-refractivity contribution in [2.45, 2.75) is 25.7 Å². The number of halogens is 1. The van der Waals surface area contributed by atoms with Crippen molar-refractivity contribution in [2.24, 2.45) is 5.41 Å². The minimum Gasteiger partial charge on any atom is -0.324 e. The quantitative estimate of drug-likeness (QED) is 0.829. The third-order valence-electron chi connectivity index (χ3n) is 2.08. The Morgan fingerprint density at radius 1 is 1.24 bits per heavy atom. The van der Waals surface area contributed by atoms with Gasteiger partial charge in [0.15, 0.2) is 0 Å². The van der Waals surface area contributed by atoms with Crippen LogP contribution >= 0.6 is 0 Å². The first-order chi connectivity index (χ1) is 7.62. The Labute approximate surface area is 100 Å². The van der Waals surface area contributed by atoms with E-state index in [0.717, 1.165) is 6.07 Å². The van der Waals surface area contributed by atoms with Crippen LogP contribution in [0.15, 0.2) is 29.2 Å². The molecule has 4 nitrogen and oxygen atoms in total. The van der Waals surface area contributed by atoms with Gasteiger partial charge in [-0.3, -0.25) is 4.79 Å². The highest BCUT2D eigenvalue weighted by Crippen LogP contribution is 2.25. The third kappa shape index (κ3) is 3.52. The monoisotopic (exact) mass is 259 g/mol. The summed E-state index contributed by atoms with van der Waals surface area (Å²) < 4.78 is 34.7. The van der Waals surface area contributed by atoms with Gasteiger partial charge in [-0.2, -0.15) is 8.42 Å². The van der Waals surface area contributed by atoms with Crippen LogP contribution in [0.2, 0.25) is 0 Å². The molecule has 0 unspecified atom stereocenters. The van der Waals surface area contributed by atoms with Crippen LogP contribution in [-0.2, 0) is 15.0 Å². The number of anilines is 1. The molecule has 0 heterocycles. The summed E-state index contributed by atoms with van der Waals surface area (Å²) >= 11 is 0. The fraction of sp³-hybridized carbons (Fsp3) is 0.364. The standard InChI is InChI=1S/C11H14FNO3S/c1-11(2,3)10(14)13-8-6-4-5-7-9(8)17(12,15)16/h4-7H,1-3H3,(H,13,14). The van der Waals surface area contributed by atoms with Gasteiger partial charge in [-0.05, 0) is 12.1 Å².